The summed E-state index contributed by atoms with van der Waals surface area (Å²) in [6.07, 6.45) is 5.89. The van der Waals surface area contributed by atoms with E-state index in [1.165, 1.54) is 5.70 Å². The summed E-state index contributed by atoms with van der Waals surface area (Å²) in [6.45, 7) is 7.29. The molecule has 1 saturated heterocycles. The van der Waals surface area contributed by atoms with E-state index >= 15 is 0 Å². The van der Waals surface area contributed by atoms with Crippen molar-refractivity contribution >= 4 is 5.71 Å². The Labute approximate surface area is 85.6 Å². The fraction of sp³-hybridized carbons (Fsp3) is 0.545. The van der Waals surface area contributed by atoms with Crippen molar-refractivity contribution in [3.05, 3.63) is 23.9 Å². The molecular weight excluding hydrogens is 176 g/mol. The summed E-state index contributed by atoms with van der Waals surface area (Å²) >= 11 is 0. The number of morpholine rings is 1. The molecule has 0 aromatic rings. The number of allylic oxidation sites excluding steroid dienone is 3. The quantitative estimate of drug-likeness (QED) is 0.549. The number of hydrogen-bond acceptors (Lipinski definition) is 3. The van der Waals surface area contributed by atoms with Crippen LogP contribution in [0.4, 0.5) is 0 Å². The van der Waals surface area contributed by atoms with Gasteiger partial charge in [-0.15, -0.1) is 0 Å². The molecule has 78 valence electrons. The second-order valence-electron chi connectivity index (χ2n) is 3.33. The van der Waals surface area contributed by atoms with Gasteiger partial charge in [-0.05, 0) is 26.0 Å². The normalized spacial score (nSPS) is 19.0. The fourth-order valence-electron chi connectivity index (χ4n) is 1.42. The first kappa shape index (κ1) is 11.0. The van der Waals surface area contributed by atoms with Gasteiger partial charge in [0.25, 0.3) is 0 Å². The van der Waals surface area contributed by atoms with Crippen LogP contribution in [-0.2, 0) is 4.74 Å². The molecule has 0 amide bonds. The summed E-state index contributed by atoms with van der Waals surface area (Å²) < 4.78 is 5.28. The van der Waals surface area contributed by atoms with Crippen molar-refractivity contribution in [3.63, 3.8) is 0 Å². The van der Waals surface area contributed by atoms with Crippen LogP contribution in [0.2, 0.25) is 0 Å². The maximum Gasteiger partial charge on any atom is 0.0642 e. The summed E-state index contributed by atoms with van der Waals surface area (Å²) in [6, 6.07) is 0. The Hall–Kier alpha value is -1.09. The third-order valence-electron chi connectivity index (χ3n) is 2.18. The van der Waals surface area contributed by atoms with Crippen molar-refractivity contribution < 1.29 is 4.74 Å². The molecule has 1 rings (SSSR count). The van der Waals surface area contributed by atoms with E-state index < -0.39 is 0 Å². The van der Waals surface area contributed by atoms with E-state index in [9.17, 15) is 0 Å². The smallest absolute Gasteiger partial charge is 0.0642 e. The van der Waals surface area contributed by atoms with Gasteiger partial charge in [-0.3, -0.25) is 0 Å². The lowest BCUT2D eigenvalue weighted by atomic mass is 10.2. The monoisotopic (exact) mass is 194 g/mol. The summed E-state index contributed by atoms with van der Waals surface area (Å²) in [5.74, 6) is 0. The largest absolute Gasteiger partial charge is 0.378 e. The number of nitrogens with one attached hydrogen (secondary N) is 1. The summed E-state index contributed by atoms with van der Waals surface area (Å²) in [5.41, 5.74) is 1.76. The number of nitrogens with zero attached hydrogens (tertiary/aromatic N) is 1. The van der Waals surface area contributed by atoms with Crippen LogP contribution in [0.5, 0.6) is 0 Å². The first-order valence-corrected chi connectivity index (χ1v) is 4.96. The van der Waals surface area contributed by atoms with Crippen LogP contribution in [0.3, 0.4) is 0 Å². The lowest BCUT2D eigenvalue weighted by Gasteiger charge is -2.29. The maximum absolute atomic E-state index is 7.32. The zero-order valence-corrected chi connectivity index (χ0v) is 8.92. The molecule has 1 fully saturated rings. The van der Waals surface area contributed by atoms with Crippen molar-refractivity contribution in [2.75, 3.05) is 26.3 Å². The lowest BCUT2D eigenvalue weighted by molar-refractivity contribution is 0.0553. The number of ether oxygens (including phenoxy) is 1. The molecule has 0 spiro atoms. The molecule has 0 bridgehead atoms. The van der Waals surface area contributed by atoms with Gasteiger partial charge in [-0.25, -0.2) is 0 Å². The topological polar surface area (TPSA) is 36.3 Å². The molecule has 1 aliphatic rings. The lowest BCUT2D eigenvalue weighted by Crippen LogP contribution is -2.35. The van der Waals surface area contributed by atoms with Gasteiger partial charge in [0.2, 0.25) is 0 Å². The molecule has 0 aliphatic carbocycles. The van der Waals surface area contributed by atoms with E-state index in [0.29, 0.717) is 5.71 Å². The average Bonchev–Trinajstić information content (AvgIpc) is 2.20. The van der Waals surface area contributed by atoms with Crippen LogP contribution >= 0.6 is 0 Å². The van der Waals surface area contributed by atoms with Crippen LogP contribution in [-0.4, -0.2) is 36.9 Å². The minimum atomic E-state index is 0.581. The Balaban J connectivity index is 2.57. The average molecular weight is 194 g/mol. The first-order valence-electron chi connectivity index (χ1n) is 4.96. The van der Waals surface area contributed by atoms with Gasteiger partial charge in [-0.1, -0.05) is 6.08 Å². The molecule has 3 nitrogen and oxygen atoms in total. The summed E-state index contributed by atoms with van der Waals surface area (Å²) in [4.78, 5) is 2.28. The number of hydrogen-bond donors (Lipinski definition) is 1. The number of rotatable bonds is 3. The van der Waals surface area contributed by atoms with Crippen molar-refractivity contribution in [2.45, 2.75) is 13.8 Å². The van der Waals surface area contributed by atoms with E-state index in [1.54, 1.807) is 6.92 Å². The second kappa shape index (κ2) is 5.60. The Bertz CT molecular complexity index is 250. The van der Waals surface area contributed by atoms with Gasteiger partial charge in [0.15, 0.2) is 0 Å². The molecule has 1 heterocycles. The Kier molecular flexibility index (Phi) is 4.40. The van der Waals surface area contributed by atoms with Crippen LogP contribution in [0.25, 0.3) is 0 Å². The van der Waals surface area contributed by atoms with Gasteiger partial charge in [0, 0.05) is 24.5 Å². The third kappa shape index (κ3) is 3.34. The third-order valence-corrected chi connectivity index (χ3v) is 2.18. The predicted molar refractivity (Wildman–Crippen MR) is 58.7 cm³/mol. The minimum absolute atomic E-state index is 0.581. The minimum Gasteiger partial charge on any atom is -0.378 e. The van der Waals surface area contributed by atoms with Gasteiger partial charge < -0.3 is 15.0 Å². The Morgan fingerprint density at radius 1 is 1.29 bits per heavy atom. The van der Waals surface area contributed by atoms with Crippen molar-refractivity contribution in [1.29, 1.82) is 5.41 Å². The molecule has 1 aliphatic heterocycles. The maximum atomic E-state index is 7.32. The van der Waals surface area contributed by atoms with E-state index in [4.69, 9.17) is 10.1 Å². The molecular formula is C11H18N2O. The van der Waals surface area contributed by atoms with Crippen molar-refractivity contribution in [3.8, 4) is 0 Å². The molecule has 3 heteroatoms. The highest BCUT2D eigenvalue weighted by atomic mass is 16.5. The van der Waals surface area contributed by atoms with Gasteiger partial charge in [0.05, 0.1) is 13.2 Å². The molecule has 0 unspecified atom stereocenters. The Morgan fingerprint density at radius 3 is 2.43 bits per heavy atom. The highest BCUT2D eigenvalue weighted by Crippen LogP contribution is 2.08. The van der Waals surface area contributed by atoms with E-state index in [-0.39, 0.29) is 0 Å². The zero-order valence-electron chi connectivity index (χ0n) is 8.92. The molecule has 0 aromatic heterocycles. The summed E-state index contributed by atoms with van der Waals surface area (Å²) in [7, 11) is 0. The molecule has 0 saturated carbocycles. The highest BCUT2D eigenvalue weighted by molar-refractivity contribution is 5.90. The molecule has 1 N–H and O–H groups in total. The highest BCUT2D eigenvalue weighted by Gasteiger charge is 2.10. The van der Waals surface area contributed by atoms with Crippen LogP contribution < -0.4 is 0 Å². The van der Waals surface area contributed by atoms with Crippen LogP contribution in [0.1, 0.15) is 13.8 Å². The molecule has 0 atom stereocenters. The fourth-order valence-corrected chi connectivity index (χ4v) is 1.42. The molecule has 0 aromatic carbocycles. The van der Waals surface area contributed by atoms with Gasteiger partial charge >= 0.3 is 0 Å². The Morgan fingerprint density at radius 2 is 1.93 bits per heavy atom. The molecule has 0 radical (unpaired) electrons. The SMILES string of the molecule is C/C=C(\C=C/C(C)=N)N1CCOCC1. The predicted octanol–water partition coefficient (Wildman–Crippen LogP) is 1.82. The first-order chi connectivity index (χ1) is 6.74. The van der Waals surface area contributed by atoms with Gasteiger partial charge in [-0.2, -0.15) is 0 Å². The van der Waals surface area contributed by atoms with E-state index in [0.717, 1.165) is 26.3 Å². The van der Waals surface area contributed by atoms with E-state index in [2.05, 4.69) is 11.0 Å². The van der Waals surface area contributed by atoms with Crippen LogP contribution in [0, 0.1) is 5.41 Å². The van der Waals surface area contributed by atoms with Crippen molar-refractivity contribution in [1.82, 2.24) is 4.90 Å². The van der Waals surface area contributed by atoms with Gasteiger partial charge in [0.1, 0.15) is 0 Å². The standard InChI is InChI=1S/C11H18N2O/c1-3-11(5-4-10(2)12)13-6-8-14-9-7-13/h3-5,12H,6-9H2,1-2H3/b5-4-,11-3+,12-10?. The second-order valence-corrected chi connectivity index (χ2v) is 3.33. The molecule has 14 heavy (non-hydrogen) atoms. The zero-order chi connectivity index (χ0) is 10.4. The van der Waals surface area contributed by atoms with Crippen molar-refractivity contribution in [2.24, 2.45) is 0 Å². The van der Waals surface area contributed by atoms with E-state index in [1.807, 2.05) is 19.1 Å². The van der Waals surface area contributed by atoms with Crippen LogP contribution in [0.15, 0.2) is 23.9 Å². The summed E-state index contributed by atoms with van der Waals surface area (Å²) in [5, 5.41) is 7.32.